The van der Waals surface area contributed by atoms with Gasteiger partial charge in [0.1, 0.15) is 5.75 Å². The molecule has 0 bridgehead atoms. The Morgan fingerprint density at radius 2 is 2.21 bits per heavy atom. The lowest BCUT2D eigenvalue weighted by Crippen LogP contribution is -2.44. The van der Waals surface area contributed by atoms with Crippen LogP contribution >= 0.6 is 0 Å². The molecule has 1 saturated heterocycles. The number of anilines is 1. The number of rotatable bonds is 7. The fraction of sp³-hybridized carbons (Fsp3) is 0.455. The molecular weight excluding hydrogens is 369 g/mol. The molecule has 29 heavy (non-hydrogen) atoms. The maximum Gasteiger partial charge on any atom is 0.191 e. The molecule has 6 nitrogen and oxygen atoms in total. The number of aliphatic imine (C=N–C) groups is 1. The van der Waals surface area contributed by atoms with E-state index in [1.807, 2.05) is 37.8 Å². The number of hydrogen-bond acceptors (Lipinski definition) is 4. The van der Waals surface area contributed by atoms with Gasteiger partial charge < -0.3 is 20.3 Å². The van der Waals surface area contributed by atoms with Crippen molar-refractivity contribution < 1.29 is 9.13 Å². The van der Waals surface area contributed by atoms with Crippen LogP contribution < -0.4 is 20.3 Å². The minimum atomic E-state index is -0.278. The van der Waals surface area contributed by atoms with Crippen molar-refractivity contribution in [1.82, 2.24) is 15.6 Å². The third kappa shape index (κ3) is 5.59. The molecule has 0 amide bonds. The predicted octanol–water partition coefficient (Wildman–Crippen LogP) is 3.26. The topological polar surface area (TPSA) is 61.8 Å². The average molecular weight is 400 g/mol. The standard InChI is InChI=1S/C22H30FN5O/c1-4-24-22(26-14-17-8-9-20(29-5-2)16(3)13-17)27-18-10-12-28(15-18)21-19(23)7-6-11-25-21/h6-9,11,13,18H,4-5,10,12,14-15H2,1-3H3,(H2,24,26,27). The van der Waals surface area contributed by atoms with Gasteiger partial charge in [0, 0.05) is 31.9 Å². The van der Waals surface area contributed by atoms with Crippen LogP contribution in [-0.2, 0) is 6.54 Å². The highest BCUT2D eigenvalue weighted by molar-refractivity contribution is 5.80. The highest BCUT2D eigenvalue weighted by Crippen LogP contribution is 2.21. The smallest absolute Gasteiger partial charge is 0.191 e. The summed E-state index contributed by atoms with van der Waals surface area (Å²) >= 11 is 0. The van der Waals surface area contributed by atoms with Crippen LogP contribution in [0.25, 0.3) is 0 Å². The lowest BCUT2D eigenvalue weighted by molar-refractivity contribution is 0.338. The quantitative estimate of drug-likeness (QED) is 0.553. The van der Waals surface area contributed by atoms with Gasteiger partial charge in [-0.2, -0.15) is 0 Å². The second kappa shape index (κ2) is 10.1. The highest BCUT2D eigenvalue weighted by atomic mass is 19.1. The number of aryl methyl sites for hydroxylation is 1. The molecule has 0 spiro atoms. The number of nitrogens with one attached hydrogen (secondary N) is 2. The van der Waals surface area contributed by atoms with Crippen LogP contribution in [0, 0.1) is 12.7 Å². The lowest BCUT2D eigenvalue weighted by Gasteiger charge is -2.20. The number of nitrogens with zero attached hydrogens (tertiary/aromatic N) is 3. The van der Waals surface area contributed by atoms with E-state index in [9.17, 15) is 4.39 Å². The summed E-state index contributed by atoms with van der Waals surface area (Å²) in [7, 11) is 0. The zero-order valence-corrected chi connectivity index (χ0v) is 17.4. The van der Waals surface area contributed by atoms with Crippen LogP contribution in [0.5, 0.6) is 5.75 Å². The molecular formula is C22H30FN5O. The molecule has 0 saturated carbocycles. The average Bonchev–Trinajstić information content (AvgIpc) is 3.17. The van der Waals surface area contributed by atoms with Crippen LogP contribution in [0.15, 0.2) is 41.5 Å². The largest absolute Gasteiger partial charge is 0.494 e. The number of ether oxygens (including phenoxy) is 1. The maximum atomic E-state index is 14.0. The van der Waals surface area contributed by atoms with Crippen LogP contribution in [0.1, 0.15) is 31.4 Å². The summed E-state index contributed by atoms with van der Waals surface area (Å²) < 4.78 is 19.6. The number of aromatic nitrogens is 1. The molecule has 2 heterocycles. The normalized spacial score (nSPS) is 16.8. The predicted molar refractivity (Wildman–Crippen MR) is 115 cm³/mol. The van der Waals surface area contributed by atoms with Gasteiger partial charge >= 0.3 is 0 Å². The van der Waals surface area contributed by atoms with E-state index < -0.39 is 0 Å². The Hall–Kier alpha value is -2.83. The number of pyridine rings is 1. The van der Waals surface area contributed by atoms with Crippen molar-refractivity contribution in [3.63, 3.8) is 0 Å². The number of benzene rings is 1. The van der Waals surface area contributed by atoms with Gasteiger partial charge in [0.2, 0.25) is 0 Å². The van der Waals surface area contributed by atoms with Gasteiger partial charge in [-0.3, -0.25) is 0 Å². The summed E-state index contributed by atoms with van der Waals surface area (Å²) in [5.41, 5.74) is 2.24. The van der Waals surface area contributed by atoms with E-state index in [0.717, 1.165) is 42.3 Å². The number of halogens is 1. The van der Waals surface area contributed by atoms with E-state index in [0.29, 0.717) is 25.5 Å². The van der Waals surface area contributed by atoms with Crippen molar-refractivity contribution >= 4 is 11.8 Å². The first-order valence-electron chi connectivity index (χ1n) is 10.2. The fourth-order valence-corrected chi connectivity index (χ4v) is 3.49. The summed E-state index contributed by atoms with van der Waals surface area (Å²) in [6.45, 7) is 9.55. The van der Waals surface area contributed by atoms with E-state index >= 15 is 0 Å². The second-order valence-electron chi connectivity index (χ2n) is 7.11. The van der Waals surface area contributed by atoms with Crippen molar-refractivity contribution in [3.05, 3.63) is 53.5 Å². The Labute approximate surface area is 172 Å². The zero-order valence-electron chi connectivity index (χ0n) is 17.4. The van der Waals surface area contributed by atoms with Crippen LogP contribution in [0.2, 0.25) is 0 Å². The van der Waals surface area contributed by atoms with E-state index in [-0.39, 0.29) is 11.9 Å². The minimum absolute atomic E-state index is 0.191. The third-order valence-corrected chi connectivity index (χ3v) is 4.87. The Balaban J connectivity index is 1.61. The molecule has 2 aromatic rings. The molecule has 3 rings (SSSR count). The SMILES string of the molecule is CCNC(=NCc1ccc(OCC)c(C)c1)NC1CCN(c2ncccc2F)C1. The van der Waals surface area contributed by atoms with Gasteiger partial charge in [-0.05, 0) is 56.5 Å². The number of hydrogen-bond donors (Lipinski definition) is 2. The van der Waals surface area contributed by atoms with Crippen molar-refractivity contribution in [2.24, 2.45) is 4.99 Å². The molecule has 1 fully saturated rings. The summed E-state index contributed by atoms with van der Waals surface area (Å²) in [6.07, 6.45) is 2.53. The van der Waals surface area contributed by atoms with Crippen molar-refractivity contribution in [2.75, 3.05) is 31.1 Å². The molecule has 1 aliphatic heterocycles. The third-order valence-electron chi connectivity index (χ3n) is 4.87. The van der Waals surface area contributed by atoms with Crippen LogP contribution in [0.4, 0.5) is 10.2 Å². The summed E-state index contributed by atoms with van der Waals surface area (Å²) in [6, 6.07) is 9.42. The Kier molecular flexibility index (Phi) is 7.27. The van der Waals surface area contributed by atoms with Crippen molar-refractivity contribution in [2.45, 2.75) is 39.8 Å². The van der Waals surface area contributed by atoms with Crippen molar-refractivity contribution in [3.8, 4) is 5.75 Å². The van der Waals surface area contributed by atoms with Crippen molar-refractivity contribution in [1.29, 1.82) is 0 Å². The van der Waals surface area contributed by atoms with Gasteiger partial charge in [-0.25, -0.2) is 14.4 Å². The second-order valence-corrected chi connectivity index (χ2v) is 7.11. The van der Waals surface area contributed by atoms with Gasteiger partial charge in [0.15, 0.2) is 17.6 Å². The summed E-state index contributed by atoms with van der Waals surface area (Å²) in [4.78, 5) is 10.9. The molecule has 156 valence electrons. The first kappa shape index (κ1) is 20.9. The monoisotopic (exact) mass is 399 g/mol. The van der Waals surface area contributed by atoms with E-state index in [1.165, 1.54) is 6.07 Å². The molecule has 0 radical (unpaired) electrons. The number of guanidine groups is 1. The molecule has 1 unspecified atom stereocenters. The molecule has 0 aliphatic carbocycles. The van der Waals surface area contributed by atoms with Gasteiger partial charge in [-0.1, -0.05) is 12.1 Å². The first-order chi connectivity index (χ1) is 14.1. The van der Waals surface area contributed by atoms with E-state index in [4.69, 9.17) is 9.73 Å². The van der Waals surface area contributed by atoms with Crippen LogP contribution in [0.3, 0.4) is 0 Å². The Morgan fingerprint density at radius 3 is 2.93 bits per heavy atom. The van der Waals surface area contributed by atoms with E-state index in [1.54, 1.807) is 12.3 Å². The summed E-state index contributed by atoms with van der Waals surface area (Å²) in [5, 5.41) is 6.77. The zero-order chi connectivity index (χ0) is 20.6. The van der Waals surface area contributed by atoms with Gasteiger partial charge in [0.25, 0.3) is 0 Å². The Morgan fingerprint density at radius 1 is 1.34 bits per heavy atom. The molecule has 1 aliphatic rings. The maximum absolute atomic E-state index is 14.0. The lowest BCUT2D eigenvalue weighted by atomic mass is 10.1. The highest BCUT2D eigenvalue weighted by Gasteiger charge is 2.25. The van der Waals surface area contributed by atoms with Crippen LogP contribution in [-0.4, -0.2) is 43.2 Å². The minimum Gasteiger partial charge on any atom is -0.494 e. The van der Waals surface area contributed by atoms with Gasteiger partial charge in [0.05, 0.1) is 13.2 Å². The van der Waals surface area contributed by atoms with Gasteiger partial charge in [-0.15, -0.1) is 0 Å². The fourth-order valence-electron chi connectivity index (χ4n) is 3.49. The summed E-state index contributed by atoms with van der Waals surface area (Å²) in [5.74, 6) is 1.83. The molecule has 1 aromatic heterocycles. The molecule has 2 N–H and O–H groups in total. The first-order valence-corrected chi connectivity index (χ1v) is 10.2. The molecule has 1 atom stereocenters. The molecule has 7 heteroatoms. The molecule has 1 aromatic carbocycles. The van der Waals surface area contributed by atoms with E-state index in [2.05, 4.69) is 21.7 Å². The Bertz CT molecular complexity index is 842.